The molecule has 0 bridgehead atoms. The third-order valence-corrected chi connectivity index (χ3v) is 2.42. The summed E-state index contributed by atoms with van der Waals surface area (Å²) in [7, 11) is 0. The molecular weight excluding hydrogens is 234 g/mol. The van der Waals surface area contributed by atoms with Crippen molar-refractivity contribution in [2.45, 2.75) is 19.5 Å². The van der Waals surface area contributed by atoms with E-state index in [2.05, 4.69) is 15.5 Å². The summed E-state index contributed by atoms with van der Waals surface area (Å²) in [6.45, 7) is 1.78. The molecule has 1 heterocycles. The second-order valence-electron chi connectivity index (χ2n) is 3.81. The Kier molecular flexibility index (Phi) is 3.69. The summed E-state index contributed by atoms with van der Waals surface area (Å²) in [5.74, 6) is -0.130. The zero-order valence-electron chi connectivity index (χ0n) is 9.83. The van der Waals surface area contributed by atoms with Crippen LogP contribution >= 0.6 is 0 Å². The zero-order valence-corrected chi connectivity index (χ0v) is 9.83. The summed E-state index contributed by atoms with van der Waals surface area (Å²) in [5.41, 5.74) is 0.836. The SMILES string of the molecule is C[C@H](NCc1nnc(-c2ccccc2)o1)C(=O)O. The van der Waals surface area contributed by atoms with Gasteiger partial charge in [0.15, 0.2) is 0 Å². The Morgan fingerprint density at radius 3 is 2.78 bits per heavy atom. The first-order valence-corrected chi connectivity index (χ1v) is 5.51. The lowest BCUT2D eigenvalue weighted by Gasteiger charge is -2.05. The number of nitrogens with one attached hydrogen (secondary N) is 1. The molecular formula is C12H13N3O3. The third-order valence-electron chi connectivity index (χ3n) is 2.42. The number of aromatic nitrogens is 2. The van der Waals surface area contributed by atoms with Gasteiger partial charge in [0.1, 0.15) is 6.04 Å². The van der Waals surface area contributed by atoms with Crippen LogP contribution in [0.3, 0.4) is 0 Å². The van der Waals surface area contributed by atoms with Gasteiger partial charge in [-0.2, -0.15) is 0 Å². The standard InChI is InChI=1S/C12H13N3O3/c1-8(12(16)17)13-7-10-14-15-11(18-10)9-5-3-2-4-6-9/h2-6,8,13H,7H2,1H3,(H,16,17)/t8-/m0/s1. The quantitative estimate of drug-likeness (QED) is 0.827. The molecule has 2 rings (SSSR count). The first kappa shape index (κ1) is 12.3. The Morgan fingerprint density at radius 1 is 1.39 bits per heavy atom. The van der Waals surface area contributed by atoms with Crippen LogP contribution in [0.5, 0.6) is 0 Å². The van der Waals surface area contributed by atoms with Crippen LogP contribution in [0.2, 0.25) is 0 Å². The summed E-state index contributed by atoms with van der Waals surface area (Å²) in [6.07, 6.45) is 0. The molecule has 2 N–H and O–H groups in total. The Balaban J connectivity index is 2.01. The lowest BCUT2D eigenvalue weighted by atomic mass is 10.2. The molecule has 0 fully saturated rings. The minimum absolute atomic E-state index is 0.229. The molecule has 2 aromatic rings. The fourth-order valence-corrected chi connectivity index (χ4v) is 1.35. The van der Waals surface area contributed by atoms with Crippen molar-refractivity contribution in [2.75, 3.05) is 0 Å². The molecule has 0 aliphatic heterocycles. The minimum Gasteiger partial charge on any atom is -0.480 e. The molecule has 1 aromatic carbocycles. The summed E-state index contributed by atoms with van der Waals surface area (Å²) < 4.78 is 5.42. The number of carboxylic acid groups (broad SMARTS) is 1. The van der Waals surface area contributed by atoms with E-state index in [1.165, 1.54) is 0 Å². The average molecular weight is 247 g/mol. The number of nitrogens with zero attached hydrogens (tertiary/aromatic N) is 2. The molecule has 0 saturated carbocycles. The van der Waals surface area contributed by atoms with Gasteiger partial charge in [-0.1, -0.05) is 18.2 Å². The van der Waals surface area contributed by atoms with Gasteiger partial charge in [0.05, 0.1) is 6.54 Å². The zero-order chi connectivity index (χ0) is 13.0. The van der Waals surface area contributed by atoms with Gasteiger partial charge in [-0.05, 0) is 19.1 Å². The highest BCUT2D eigenvalue weighted by molar-refractivity contribution is 5.72. The second kappa shape index (κ2) is 5.42. The largest absolute Gasteiger partial charge is 0.480 e. The van der Waals surface area contributed by atoms with Crippen molar-refractivity contribution in [3.63, 3.8) is 0 Å². The van der Waals surface area contributed by atoms with Crippen molar-refractivity contribution in [2.24, 2.45) is 0 Å². The van der Waals surface area contributed by atoms with E-state index >= 15 is 0 Å². The number of carboxylic acids is 1. The van der Waals surface area contributed by atoms with Gasteiger partial charge >= 0.3 is 5.97 Å². The van der Waals surface area contributed by atoms with Gasteiger partial charge < -0.3 is 9.52 Å². The Hall–Kier alpha value is -2.21. The summed E-state index contributed by atoms with van der Waals surface area (Å²) in [6, 6.07) is 8.73. The molecule has 0 spiro atoms. The van der Waals surface area contributed by atoms with Gasteiger partial charge in [0, 0.05) is 5.56 Å². The highest BCUT2D eigenvalue weighted by atomic mass is 16.4. The number of carbonyl (C=O) groups is 1. The molecule has 0 saturated heterocycles. The predicted octanol–water partition coefficient (Wildman–Crippen LogP) is 1.30. The minimum atomic E-state index is -0.919. The fourth-order valence-electron chi connectivity index (χ4n) is 1.35. The summed E-state index contributed by atoms with van der Waals surface area (Å²) >= 11 is 0. The summed E-state index contributed by atoms with van der Waals surface area (Å²) in [4.78, 5) is 10.6. The first-order valence-electron chi connectivity index (χ1n) is 5.51. The van der Waals surface area contributed by atoms with Crippen LogP contribution in [0.25, 0.3) is 11.5 Å². The highest BCUT2D eigenvalue weighted by Crippen LogP contribution is 2.16. The molecule has 18 heavy (non-hydrogen) atoms. The number of rotatable bonds is 5. The van der Waals surface area contributed by atoms with E-state index in [-0.39, 0.29) is 6.54 Å². The second-order valence-corrected chi connectivity index (χ2v) is 3.81. The Bertz CT molecular complexity index is 524. The van der Waals surface area contributed by atoms with Crippen molar-refractivity contribution >= 4 is 5.97 Å². The van der Waals surface area contributed by atoms with Gasteiger partial charge in [-0.3, -0.25) is 10.1 Å². The van der Waals surface area contributed by atoms with Crippen LogP contribution in [0, 0.1) is 0 Å². The molecule has 0 radical (unpaired) electrons. The lowest BCUT2D eigenvalue weighted by molar-refractivity contribution is -0.139. The van der Waals surface area contributed by atoms with E-state index in [0.29, 0.717) is 11.8 Å². The number of benzene rings is 1. The average Bonchev–Trinajstić information content (AvgIpc) is 2.85. The van der Waals surface area contributed by atoms with Gasteiger partial charge in [0.25, 0.3) is 0 Å². The van der Waals surface area contributed by atoms with Crippen molar-refractivity contribution in [1.29, 1.82) is 0 Å². The highest BCUT2D eigenvalue weighted by Gasteiger charge is 2.12. The normalized spacial score (nSPS) is 12.3. The van der Waals surface area contributed by atoms with E-state index in [0.717, 1.165) is 5.56 Å². The molecule has 0 amide bonds. The maximum Gasteiger partial charge on any atom is 0.320 e. The van der Waals surface area contributed by atoms with Crippen LogP contribution in [-0.4, -0.2) is 27.3 Å². The number of aliphatic carboxylic acids is 1. The maximum absolute atomic E-state index is 10.6. The number of hydrogen-bond donors (Lipinski definition) is 2. The van der Waals surface area contributed by atoms with E-state index in [4.69, 9.17) is 9.52 Å². The molecule has 0 aliphatic carbocycles. The van der Waals surface area contributed by atoms with Crippen LogP contribution in [0.4, 0.5) is 0 Å². The van der Waals surface area contributed by atoms with Crippen LogP contribution in [-0.2, 0) is 11.3 Å². The van der Waals surface area contributed by atoms with E-state index < -0.39 is 12.0 Å². The molecule has 0 unspecified atom stereocenters. The molecule has 0 aliphatic rings. The molecule has 1 atom stereocenters. The summed E-state index contributed by atoms with van der Waals surface area (Å²) in [5, 5.41) is 19.2. The van der Waals surface area contributed by atoms with E-state index in [1.54, 1.807) is 6.92 Å². The van der Waals surface area contributed by atoms with Gasteiger partial charge in [0.2, 0.25) is 11.8 Å². The third kappa shape index (κ3) is 2.92. The molecule has 1 aromatic heterocycles. The predicted molar refractivity (Wildman–Crippen MR) is 63.7 cm³/mol. The maximum atomic E-state index is 10.6. The molecule has 94 valence electrons. The Labute approximate surface area is 104 Å². The van der Waals surface area contributed by atoms with Gasteiger partial charge in [-0.25, -0.2) is 0 Å². The van der Waals surface area contributed by atoms with Crippen molar-refractivity contribution in [3.05, 3.63) is 36.2 Å². The van der Waals surface area contributed by atoms with Crippen molar-refractivity contribution in [3.8, 4) is 11.5 Å². The van der Waals surface area contributed by atoms with E-state index in [9.17, 15) is 4.79 Å². The van der Waals surface area contributed by atoms with Crippen molar-refractivity contribution < 1.29 is 14.3 Å². The van der Waals surface area contributed by atoms with Gasteiger partial charge in [-0.15, -0.1) is 10.2 Å². The lowest BCUT2D eigenvalue weighted by Crippen LogP contribution is -2.33. The molecule has 6 nitrogen and oxygen atoms in total. The van der Waals surface area contributed by atoms with Crippen LogP contribution < -0.4 is 5.32 Å². The smallest absolute Gasteiger partial charge is 0.320 e. The molecule has 6 heteroatoms. The number of hydrogen-bond acceptors (Lipinski definition) is 5. The topological polar surface area (TPSA) is 88.3 Å². The van der Waals surface area contributed by atoms with Crippen LogP contribution in [0.15, 0.2) is 34.7 Å². The first-order chi connectivity index (χ1) is 8.66. The monoisotopic (exact) mass is 247 g/mol. The Morgan fingerprint density at radius 2 is 2.11 bits per heavy atom. The van der Waals surface area contributed by atoms with Crippen molar-refractivity contribution in [1.82, 2.24) is 15.5 Å². The fraction of sp³-hybridized carbons (Fsp3) is 0.250. The van der Waals surface area contributed by atoms with E-state index in [1.807, 2.05) is 30.3 Å². The van der Waals surface area contributed by atoms with Crippen LogP contribution in [0.1, 0.15) is 12.8 Å².